The molecular weight excluding hydrogens is 308 g/mol. The van der Waals surface area contributed by atoms with Crippen molar-refractivity contribution in [3.05, 3.63) is 41.3 Å². The molecule has 0 atom stereocenters. The van der Waals surface area contributed by atoms with Crippen LogP contribution in [0.15, 0.2) is 36.4 Å². The van der Waals surface area contributed by atoms with Crippen LogP contribution in [-0.4, -0.2) is 38.3 Å². The number of morpholine rings is 1. The highest BCUT2D eigenvalue weighted by Gasteiger charge is 2.22. The molecule has 1 amide bonds. The Morgan fingerprint density at radius 2 is 1.91 bits per heavy atom. The SMILES string of the molecule is CC(C)NC(=O)c1cc(-c2ccccc2)c(N2CCOCC2)s1. The van der Waals surface area contributed by atoms with Crippen molar-refractivity contribution in [3.8, 4) is 11.1 Å². The second-order valence-corrected chi connectivity index (χ2v) is 6.95. The van der Waals surface area contributed by atoms with Crippen molar-refractivity contribution in [3.63, 3.8) is 0 Å². The van der Waals surface area contributed by atoms with Gasteiger partial charge in [0.2, 0.25) is 0 Å². The molecule has 0 bridgehead atoms. The molecule has 122 valence electrons. The van der Waals surface area contributed by atoms with Crippen LogP contribution in [0.25, 0.3) is 11.1 Å². The standard InChI is InChI=1S/C18H22N2O2S/c1-13(2)19-17(21)16-12-15(14-6-4-3-5-7-14)18(23-16)20-8-10-22-11-9-20/h3-7,12-13H,8-11H2,1-2H3,(H,19,21). The third-order valence-electron chi connectivity index (χ3n) is 3.74. The molecule has 1 saturated heterocycles. The minimum Gasteiger partial charge on any atom is -0.378 e. The first kappa shape index (κ1) is 16.0. The number of nitrogens with zero attached hydrogens (tertiary/aromatic N) is 1. The number of ether oxygens (including phenoxy) is 1. The number of carbonyl (C=O) groups excluding carboxylic acids is 1. The van der Waals surface area contributed by atoms with Gasteiger partial charge in [0.25, 0.3) is 5.91 Å². The number of thiophene rings is 1. The minimum atomic E-state index is 0.00157. The fraction of sp³-hybridized carbons (Fsp3) is 0.389. The van der Waals surface area contributed by atoms with Crippen LogP contribution in [0.5, 0.6) is 0 Å². The predicted octanol–water partition coefficient (Wildman–Crippen LogP) is 3.39. The van der Waals surface area contributed by atoms with Gasteiger partial charge >= 0.3 is 0 Å². The molecule has 5 heteroatoms. The summed E-state index contributed by atoms with van der Waals surface area (Å²) >= 11 is 1.57. The quantitative estimate of drug-likeness (QED) is 0.934. The second kappa shape index (κ2) is 7.15. The molecule has 4 nitrogen and oxygen atoms in total. The maximum absolute atomic E-state index is 12.4. The fourth-order valence-electron chi connectivity index (χ4n) is 2.65. The fourth-order valence-corrected chi connectivity index (χ4v) is 3.79. The third kappa shape index (κ3) is 3.74. The lowest BCUT2D eigenvalue weighted by molar-refractivity contribution is 0.0947. The topological polar surface area (TPSA) is 41.6 Å². The molecule has 2 heterocycles. The highest BCUT2D eigenvalue weighted by Crippen LogP contribution is 2.39. The van der Waals surface area contributed by atoms with Crippen molar-refractivity contribution in [2.24, 2.45) is 0 Å². The Kier molecular flexibility index (Phi) is 4.98. The zero-order chi connectivity index (χ0) is 16.2. The Balaban J connectivity index is 1.98. The number of hydrogen-bond donors (Lipinski definition) is 1. The third-order valence-corrected chi connectivity index (χ3v) is 4.93. The first-order valence-corrected chi connectivity index (χ1v) is 8.79. The molecule has 1 aliphatic heterocycles. The van der Waals surface area contributed by atoms with E-state index in [-0.39, 0.29) is 11.9 Å². The summed E-state index contributed by atoms with van der Waals surface area (Å²) < 4.78 is 5.46. The lowest BCUT2D eigenvalue weighted by Crippen LogP contribution is -2.35. The summed E-state index contributed by atoms with van der Waals surface area (Å²) in [6.45, 7) is 7.16. The number of rotatable bonds is 4. The molecule has 0 unspecified atom stereocenters. The molecule has 0 radical (unpaired) electrons. The average molecular weight is 330 g/mol. The van der Waals surface area contributed by atoms with E-state index in [0.717, 1.165) is 47.3 Å². The van der Waals surface area contributed by atoms with Crippen LogP contribution < -0.4 is 10.2 Å². The highest BCUT2D eigenvalue weighted by molar-refractivity contribution is 7.18. The van der Waals surface area contributed by atoms with Gasteiger partial charge in [0.05, 0.1) is 23.1 Å². The van der Waals surface area contributed by atoms with Crippen molar-refractivity contribution in [2.75, 3.05) is 31.2 Å². The lowest BCUT2D eigenvalue weighted by Gasteiger charge is -2.28. The van der Waals surface area contributed by atoms with Crippen LogP contribution in [0.3, 0.4) is 0 Å². The van der Waals surface area contributed by atoms with Crippen molar-refractivity contribution >= 4 is 22.2 Å². The number of hydrogen-bond acceptors (Lipinski definition) is 4. The number of anilines is 1. The molecule has 23 heavy (non-hydrogen) atoms. The van der Waals surface area contributed by atoms with Gasteiger partial charge in [-0.05, 0) is 25.5 Å². The van der Waals surface area contributed by atoms with E-state index in [1.165, 1.54) is 0 Å². The van der Waals surface area contributed by atoms with Gasteiger partial charge in [0.15, 0.2) is 0 Å². The molecule has 1 aromatic carbocycles. The van der Waals surface area contributed by atoms with Gasteiger partial charge in [-0.25, -0.2) is 0 Å². The van der Waals surface area contributed by atoms with Gasteiger partial charge in [0.1, 0.15) is 0 Å². The van der Waals surface area contributed by atoms with Gasteiger partial charge < -0.3 is 15.0 Å². The van der Waals surface area contributed by atoms with Gasteiger partial charge in [-0.15, -0.1) is 11.3 Å². The second-order valence-electron chi connectivity index (χ2n) is 5.92. The smallest absolute Gasteiger partial charge is 0.261 e. The summed E-state index contributed by atoms with van der Waals surface area (Å²) in [6.07, 6.45) is 0. The van der Waals surface area contributed by atoms with Crippen LogP contribution in [-0.2, 0) is 4.74 Å². The van der Waals surface area contributed by atoms with E-state index in [4.69, 9.17) is 4.74 Å². The zero-order valence-corrected chi connectivity index (χ0v) is 14.4. The number of nitrogens with one attached hydrogen (secondary N) is 1. The normalized spacial score (nSPS) is 15.0. The predicted molar refractivity (Wildman–Crippen MR) is 95.4 cm³/mol. The first-order valence-electron chi connectivity index (χ1n) is 7.98. The Morgan fingerprint density at radius 3 is 2.57 bits per heavy atom. The Labute approximate surface area is 141 Å². The molecule has 0 spiro atoms. The molecular formula is C18H22N2O2S. The molecule has 3 rings (SSSR count). The molecule has 2 aromatic rings. The van der Waals surface area contributed by atoms with Gasteiger partial charge in [-0.3, -0.25) is 4.79 Å². The van der Waals surface area contributed by atoms with Crippen LogP contribution >= 0.6 is 11.3 Å². The van der Waals surface area contributed by atoms with E-state index in [1.807, 2.05) is 38.1 Å². The molecule has 1 N–H and O–H groups in total. The first-order chi connectivity index (χ1) is 11.1. The summed E-state index contributed by atoms with van der Waals surface area (Å²) in [5, 5.41) is 4.14. The maximum Gasteiger partial charge on any atom is 0.261 e. The Hall–Kier alpha value is -1.85. The number of benzene rings is 1. The zero-order valence-electron chi connectivity index (χ0n) is 13.5. The monoisotopic (exact) mass is 330 g/mol. The molecule has 1 fully saturated rings. The van der Waals surface area contributed by atoms with E-state index in [2.05, 4.69) is 22.3 Å². The van der Waals surface area contributed by atoms with Crippen molar-refractivity contribution in [2.45, 2.75) is 19.9 Å². The van der Waals surface area contributed by atoms with Gasteiger partial charge in [-0.2, -0.15) is 0 Å². The summed E-state index contributed by atoms with van der Waals surface area (Å²) in [4.78, 5) is 15.5. The summed E-state index contributed by atoms with van der Waals surface area (Å²) in [5.41, 5.74) is 2.28. The van der Waals surface area contributed by atoms with E-state index in [1.54, 1.807) is 11.3 Å². The number of amides is 1. The van der Waals surface area contributed by atoms with Crippen LogP contribution in [0.4, 0.5) is 5.00 Å². The average Bonchev–Trinajstić information content (AvgIpc) is 3.01. The van der Waals surface area contributed by atoms with E-state index in [9.17, 15) is 4.79 Å². The van der Waals surface area contributed by atoms with Crippen LogP contribution in [0.1, 0.15) is 23.5 Å². The summed E-state index contributed by atoms with van der Waals surface area (Å²) in [7, 11) is 0. The Morgan fingerprint density at radius 1 is 1.22 bits per heavy atom. The van der Waals surface area contributed by atoms with Crippen LogP contribution in [0.2, 0.25) is 0 Å². The largest absolute Gasteiger partial charge is 0.378 e. The molecule has 1 aliphatic rings. The van der Waals surface area contributed by atoms with E-state index < -0.39 is 0 Å². The number of carbonyl (C=O) groups is 1. The Bertz CT molecular complexity index is 661. The maximum atomic E-state index is 12.4. The van der Waals surface area contributed by atoms with E-state index >= 15 is 0 Å². The summed E-state index contributed by atoms with van der Waals surface area (Å²) in [5.74, 6) is 0.00157. The molecule has 1 aromatic heterocycles. The van der Waals surface area contributed by atoms with Crippen LogP contribution in [0, 0.1) is 0 Å². The van der Waals surface area contributed by atoms with Crippen molar-refractivity contribution in [1.29, 1.82) is 0 Å². The van der Waals surface area contributed by atoms with Crippen molar-refractivity contribution in [1.82, 2.24) is 5.32 Å². The van der Waals surface area contributed by atoms with Gasteiger partial charge in [-0.1, -0.05) is 30.3 Å². The lowest BCUT2D eigenvalue weighted by atomic mass is 10.1. The molecule has 0 saturated carbocycles. The molecule has 0 aliphatic carbocycles. The van der Waals surface area contributed by atoms with E-state index in [0.29, 0.717) is 0 Å². The van der Waals surface area contributed by atoms with Crippen molar-refractivity contribution < 1.29 is 9.53 Å². The highest BCUT2D eigenvalue weighted by atomic mass is 32.1. The summed E-state index contributed by atoms with van der Waals surface area (Å²) in [6, 6.07) is 12.4. The minimum absolute atomic E-state index is 0.00157. The van der Waals surface area contributed by atoms with Gasteiger partial charge in [0, 0.05) is 24.7 Å².